The van der Waals surface area contributed by atoms with Crippen LogP contribution in [0.3, 0.4) is 0 Å². The Morgan fingerprint density at radius 3 is 2.61 bits per heavy atom. The molecule has 1 heterocycles. The molecule has 0 spiro atoms. The van der Waals surface area contributed by atoms with Gasteiger partial charge in [0.05, 0.1) is 11.9 Å². The number of aromatic nitrogens is 2. The van der Waals surface area contributed by atoms with Crippen molar-refractivity contribution >= 4 is 5.69 Å². The molecule has 0 aliphatic carbocycles. The minimum atomic E-state index is -0.0253. The van der Waals surface area contributed by atoms with Crippen molar-refractivity contribution < 1.29 is 0 Å². The van der Waals surface area contributed by atoms with Crippen LogP contribution in [0.1, 0.15) is 27.2 Å². The van der Waals surface area contributed by atoms with Crippen LogP contribution in [0.15, 0.2) is 17.1 Å². The van der Waals surface area contributed by atoms with Gasteiger partial charge < -0.3 is 10.2 Å². The first-order valence-electron chi connectivity index (χ1n) is 6.61. The number of hydrogen-bond donors (Lipinski definition) is 1. The van der Waals surface area contributed by atoms with Crippen LogP contribution in [0.2, 0.25) is 0 Å². The van der Waals surface area contributed by atoms with Gasteiger partial charge in [-0.3, -0.25) is 4.79 Å². The molecule has 0 saturated heterocycles. The molecule has 0 aromatic carbocycles. The van der Waals surface area contributed by atoms with Crippen LogP contribution in [0, 0.1) is 0 Å². The fraction of sp³-hybridized carbons (Fsp3) is 0.692. The van der Waals surface area contributed by atoms with Crippen LogP contribution in [-0.2, 0) is 6.54 Å². The van der Waals surface area contributed by atoms with Crippen molar-refractivity contribution in [3.63, 3.8) is 0 Å². The Balaban J connectivity index is 2.76. The number of nitrogens with one attached hydrogen (secondary N) is 1. The average molecular weight is 252 g/mol. The quantitative estimate of drug-likeness (QED) is 0.789. The van der Waals surface area contributed by atoms with Gasteiger partial charge in [0.2, 0.25) is 0 Å². The summed E-state index contributed by atoms with van der Waals surface area (Å²) in [5.41, 5.74) is 0.880. The molecule has 5 nitrogen and oxygen atoms in total. The van der Waals surface area contributed by atoms with Crippen LogP contribution >= 0.6 is 0 Å². The lowest BCUT2D eigenvalue weighted by Crippen LogP contribution is -2.30. The highest BCUT2D eigenvalue weighted by Crippen LogP contribution is 2.08. The lowest BCUT2D eigenvalue weighted by molar-refractivity contribution is 0.471. The topological polar surface area (TPSA) is 50.2 Å². The molecule has 1 rings (SSSR count). The van der Waals surface area contributed by atoms with E-state index in [1.807, 2.05) is 7.05 Å². The number of nitrogens with zero attached hydrogens (tertiary/aromatic N) is 3. The number of rotatable bonds is 7. The number of anilines is 1. The molecule has 0 fully saturated rings. The van der Waals surface area contributed by atoms with Crippen LogP contribution in [0.5, 0.6) is 0 Å². The highest BCUT2D eigenvalue weighted by molar-refractivity contribution is 5.42. The van der Waals surface area contributed by atoms with Gasteiger partial charge in [-0.2, -0.15) is 5.10 Å². The summed E-state index contributed by atoms with van der Waals surface area (Å²) >= 11 is 0. The minimum Gasteiger partial charge on any atom is -0.371 e. The highest BCUT2D eigenvalue weighted by atomic mass is 16.1. The van der Waals surface area contributed by atoms with Gasteiger partial charge in [0.25, 0.3) is 5.56 Å². The van der Waals surface area contributed by atoms with Gasteiger partial charge in [-0.15, -0.1) is 0 Å². The van der Waals surface area contributed by atoms with Gasteiger partial charge in [-0.05, 0) is 34.2 Å². The predicted molar refractivity (Wildman–Crippen MR) is 75.2 cm³/mol. The summed E-state index contributed by atoms with van der Waals surface area (Å²) in [6.07, 6.45) is 2.67. The maximum atomic E-state index is 11.9. The SMILES string of the molecule is CCN(CC)c1cnn(CCC(C)NC)c(=O)c1. The third kappa shape index (κ3) is 3.84. The summed E-state index contributed by atoms with van der Waals surface area (Å²) in [5.74, 6) is 0. The van der Waals surface area contributed by atoms with Crippen molar-refractivity contribution in [1.82, 2.24) is 15.1 Å². The van der Waals surface area contributed by atoms with E-state index in [1.54, 1.807) is 12.3 Å². The molecule has 0 aliphatic rings. The molecule has 0 aliphatic heterocycles. The van der Waals surface area contributed by atoms with E-state index in [2.05, 4.69) is 36.1 Å². The molecule has 5 heteroatoms. The Hall–Kier alpha value is -1.36. The summed E-state index contributed by atoms with van der Waals surface area (Å²) in [6.45, 7) is 8.67. The monoisotopic (exact) mass is 252 g/mol. The van der Waals surface area contributed by atoms with Gasteiger partial charge in [-0.1, -0.05) is 0 Å². The second-order valence-electron chi connectivity index (χ2n) is 4.43. The van der Waals surface area contributed by atoms with Crippen molar-refractivity contribution in [3.05, 3.63) is 22.6 Å². The maximum Gasteiger partial charge on any atom is 0.268 e. The summed E-state index contributed by atoms with van der Waals surface area (Å²) in [5, 5.41) is 7.39. The fourth-order valence-corrected chi connectivity index (χ4v) is 1.81. The van der Waals surface area contributed by atoms with Crippen LogP contribution < -0.4 is 15.8 Å². The van der Waals surface area contributed by atoms with Gasteiger partial charge >= 0.3 is 0 Å². The first-order valence-corrected chi connectivity index (χ1v) is 6.61. The smallest absolute Gasteiger partial charge is 0.268 e. The van der Waals surface area contributed by atoms with Crippen LogP contribution in [0.25, 0.3) is 0 Å². The zero-order valence-corrected chi connectivity index (χ0v) is 11.8. The fourth-order valence-electron chi connectivity index (χ4n) is 1.81. The summed E-state index contributed by atoms with van der Waals surface area (Å²) in [7, 11) is 1.92. The largest absolute Gasteiger partial charge is 0.371 e. The van der Waals surface area contributed by atoms with E-state index in [0.29, 0.717) is 12.6 Å². The Bertz CT molecular complexity index is 412. The van der Waals surface area contributed by atoms with Crippen molar-refractivity contribution in [2.24, 2.45) is 0 Å². The molecule has 18 heavy (non-hydrogen) atoms. The molecule has 0 bridgehead atoms. The Labute approximate surface area is 109 Å². The first kappa shape index (κ1) is 14.7. The van der Waals surface area contributed by atoms with E-state index in [0.717, 1.165) is 25.2 Å². The second-order valence-corrected chi connectivity index (χ2v) is 4.43. The molecule has 1 atom stereocenters. The van der Waals surface area contributed by atoms with E-state index in [-0.39, 0.29) is 5.56 Å². The molecular formula is C13H24N4O. The zero-order valence-electron chi connectivity index (χ0n) is 11.8. The average Bonchev–Trinajstić information content (AvgIpc) is 2.38. The third-order valence-electron chi connectivity index (χ3n) is 3.25. The van der Waals surface area contributed by atoms with E-state index >= 15 is 0 Å². The van der Waals surface area contributed by atoms with Crippen molar-refractivity contribution in [2.45, 2.75) is 39.8 Å². The lowest BCUT2D eigenvalue weighted by Gasteiger charge is -2.20. The standard InChI is InChI=1S/C13H24N4O/c1-5-16(6-2)12-9-13(18)17(15-10-12)8-7-11(3)14-4/h9-11,14H,5-8H2,1-4H3. The Morgan fingerprint density at radius 2 is 2.11 bits per heavy atom. The molecule has 0 saturated carbocycles. The molecule has 102 valence electrons. The third-order valence-corrected chi connectivity index (χ3v) is 3.25. The van der Waals surface area contributed by atoms with Gasteiger partial charge in [0.15, 0.2) is 0 Å². The van der Waals surface area contributed by atoms with E-state index in [1.165, 1.54) is 4.68 Å². The van der Waals surface area contributed by atoms with Gasteiger partial charge in [-0.25, -0.2) is 4.68 Å². The highest BCUT2D eigenvalue weighted by Gasteiger charge is 2.06. The normalized spacial score (nSPS) is 12.4. The lowest BCUT2D eigenvalue weighted by atomic mass is 10.2. The minimum absolute atomic E-state index is 0.0253. The van der Waals surface area contributed by atoms with Crippen LogP contribution in [-0.4, -0.2) is 36.0 Å². The van der Waals surface area contributed by atoms with Crippen LogP contribution in [0.4, 0.5) is 5.69 Å². The summed E-state index contributed by atoms with van der Waals surface area (Å²) in [6, 6.07) is 2.06. The Morgan fingerprint density at radius 1 is 1.44 bits per heavy atom. The number of hydrogen-bond acceptors (Lipinski definition) is 4. The molecule has 1 aromatic rings. The Kier molecular flexibility index (Phi) is 5.85. The molecule has 1 N–H and O–H groups in total. The zero-order chi connectivity index (χ0) is 13.5. The number of aryl methyl sites for hydroxylation is 1. The summed E-state index contributed by atoms with van der Waals surface area (Å²) < 4.78 is 1.53. The van der Waals surface area contributed by atoms with E-state index in [4.69, 9.17) is 0 Å². The van der Waals surface area contributed by atoms with Crippen molar-refractivity contribution in [2.75, 3.05) is 25.0 Å². The second kappa shape index (κ2) is 7.16. The predicted octanol–water partition coefficient (Wildman–Crippen LogP) is 1.09. The van der Waals surface area contributed by atoms with Gasteiger partial charge in [0, 0.05) is 31.7 Å². The van der Waals surface area contributed by atoms with E-state index in [9.17, 15) is 4.79 Å². The molecule has 0 amide bonds. The maximum absolute atomic E-state index is 11.9. The van der Waals surface area contributed by atoms with Gasteiger partial charge in [0.1, 0.15) is 0 Å². The summed E-state index contributed by atoms with van der Waals surface area (Å²) in [4.78, 5) is 14.1. The molecule has 0 radical (unpaired) electrons. The molecule has 1 unspecified atom stereocenters. The molecular weight excluding hydrogens is 228 g/mol. The molecule has 1 aromatic heterocycles. The van der Waals surface area contributed by atoms with Crippen molar-refractivity contribution in [1.29, 1.82) is 0 Å². The first-order chi connectivity index (χ1) is 8.62. The van der Waals surface area contributed by atoms with E-state index < -0.39 is 0 Å². The van der Waals surface area contributed by atoms with Crippen molar-refractivity contribution in [3.8, 4) is 0 Å².